The molecule has 1 unspecified atom stereocenters. The van der Waals surface area contributed by atoms with Crippen LogP contribution in [-0.2, 0) is 4.74 Å². The lowest BCUT2D eigenvalue weighted by Crippen LogP contribution is -2.22. The van der Waals surface area contributed by atoms with Crippen LogP contribution in [0.2, 0.25) is 0 Å². The molecular formula is C14H21NO2. The van der Waals surface area contributed by atoms with Crippen LogP contribution in [-0.4, -0.2) is 27.4 Å². The Hall–Kier alpha value is -1.06. The summed E-state index contributed by atoms with van der Waals surface area (Å²) in [4.78, 5) is 0. The first kappa shape index (κ1) is 12.4. The van der Waals surface area contributed by atoms with E-state index in [0.717, 1.165) is 23.8 Å². The number of ether oxygens (including phenoxy) is 2. The number of benzene rings is 1. The van der Waals surface area contributed by atoms with Crippen LogP contribution in [0.5, 0.6) is 5.75 Å². The highest BCUT2D eigenvalue weighted by Gasteiger charge is 2.22. The van der Waals surface area contributed by atoms with Crippen molar-refractivity contribution in [3.8, 4) is 5.75 Å². The fraction of sp³-hybridized carbons (Fsp3) is 0.571. The molecule has 0 heterocycles. The fourth-order valence-corrected chi connectivity index (χ4v) is 1.92. The van der Waals surface area contributed by atoms with Crippen molar-refractivity contribution in [2.75, 3.05) is 27.4 Å². The van der Waals surface area contributed by atoms with Gasteiger partial charge in [-0.1, -0.05) is 18.2 Å². The summed E-state index contributed by atoms with van der Waals surface area (Å²) >= 11 is 0. The highest BCUT2D eigenvalue weighted by atomic mass is 16.5. The number of para-hydroxylation sites is 1. The van der Waals surface area contributed by atoms with Crippen LogP contribution in [0.3, 0.4) is 0 Å². The van der Waals surface area contributed by atoms with E-state index in [4.69, 9.17) is 9.47 Å². The predicted octanol–water partition coefficient (Wildman–Crippen LogP) is 2.38. The average Bonchev–Trinajstić information content (AvgIpc) is 3.19. The Labute approximate surface area is 103 Å². The minimum absolute atomic E-state index is 0.199. The third-order valence-electron chi connectivity index (χ3n) is 3.20. The Morgan fingerprint density at radius 1 is 1.35 bits per heavy atom. The minimum Gasteiger partial charge on any atom is -0.496 e. The molecule has 1 aliphatic rings. The van der Waals surface area contributed by atoms with Crippen LogP contribution >= 0.6 is 0 Å². The minimum atomic E-state index is 0.199. The molecule has 1 aromatic carbocycles. The van der Waals surface area contributed by atoms with E-state index in [9.17, 15) is 0 Å². The zero-order valence-corrected chi connectivity index (χ0v) is 10.6. The van der Waals surface area contributed by atoms with Gasteiger partial charge in [0.1, 0.15) is 5.75 Å². The van der Waals surface area contributed by atoms with E-state index in [1.807, 2.05) is 25.2 Å². The quantitative estimate of drug-likeness (QED) is 0.787. The molecule has 1 aliphatic carbocycles. The second kappa shape index (κ2) is 6.03. The smallest absolute Gasteiger partial charge is 0.123 e. The standard InChI is InChI=1S/C14H21NO2/c1-15-13(10-17-9-11-7-8-11)12-5-3-4-6-14(12)16-2/h3-6,11,13,15H,7-10H2,1-2H3. The lowest BCUT2D eigenvalue weighted by atomic mass is 10.1. The largest absolute Gasteiger partial charge is 0.496 e. The second-order valence-electron chi connectivity index (χ2n) is 4.56. The van der Waals surface area contributed by atoms with E-state index in [-0.39, 0.29) is 6.04 Å². The maximum absolute atomic E-state index is 5.75. The van der Waals surface area contributed by atoms with Gasteiger partial charge in [0.05, 0.1) is 19.8 Å². The van der Waals surface area contributed by atoms with Gasteiger partial charge in [0.25, 0.3) is 0 Å². The second-order valence-corrected chi connectivity index (χ2v) is 4.56. The van der Waals surface area contributed by atoms with E-state index in [2.05, 4.69) is 11.4 Å². The van der Waals surface area contributed by atoms with E-state index < -0.39 is 0 Å². The van der Waals surface area contributed by atoms with Gasteiger partial charge in [0.15, 0.2) is 0 Å². The molecule has 3 nitrogen and oxygen atoms in total. The molecule has 1 aromatic rings. The maximum atomic E-state index is 5.75. The van der Waals surface area contributed by atoms with Gasteiger partial charge in [0, 0.05) is 12.2 Å². The Bertz CT molecular complexity index is 350. The Morgan fingerprint density at radius 3 is 2.76 bits per heavy atom. The van der Waals surface area contributed by atoms with Gasteiger partial charge >= 0.3 is 0 Å². The van der Waals surface area contributed by atoms with Gasteiger partial charge < -0.3 is 14.8 Å². The number of rotatable bonds is 7. The van der Waals surface area contributed by atoms with Gasteiger partial charge in [-0.3, -0.25) is 0 Å². The number of hydrogen-bond acceptors (Lipinski definition) is 3. The highest BCUT2D eigenvalue weighted by molar-refractivity contribution is 5.35. The summed E-state index contributed by atoms with van der Waals surface area (Å²) in [6.07, 6.45) is 2.66. The molecule has 1 saturated carbocycles. The SMILES string of the molecule is CNC(COCC1CC1)c1ccccc1OC. The van der Waals surface area contributed by atoms with Crippen LogP contribution in [0.25, 0.3) is 0 Å². The van der Waals surface area contributed by atoms with Gasteiger partial charge in [-0.25, -0.2) is 0 Å². The van der Waals surface area contributed by atoms with Gasteiger partial charge in [-0.15, -0.1) is 0 Å². The van der Waals surface area contributed by atoms with Crippen LogP contribution < -0.4 is 10.1 Å². The average molecular weight is 235 g/mol. The molecule has 1 fully saturated rings. The first-order chi connectivity index (χ1) is 8.35. The zero-order chi connectivity index (χ0) is 12.1. The monoisotopic (exact) mass is 235 g/mol. The van der Waals surface area contributed by atoms with E-state index in [1.54, 1.807) is 7.11 Å². The predicted molar refractivity (Wildman–Crippen MR) is 68.3 cm³/mol. The van der Waals surface area contributed by atoms with Crippen molar-refractivity contribution < 1.29 is 9.47 Å². The summed E-state index contributed by atoms with van der Waals surface area (Å²) in [7, 11) is 3.66. The first-order valence-corrected chi connectivity index (χ1v) is 6.23. The molecule has 0 radical (unpaired) electrons. The van der Waals surface area contributed by atoms with Crippen molar-refractivity contribution in [2.24, 2.45) is 5.92 Å². The zero-order valence-electron chi connectivity index (χ0n) is 10.6. The Kier molecular flexibility index (Phi) is 4.40. The third-order valence-corrected chi connectivity index (χ3v) is 3.20. The van der Waals surface area contributed by atoms with Crippen molar-refractivity contribution in [3.05, 3.63) is 29.8 Å². The van der Waals surface area contributed by atoms with E-state index >= 15 is 0 Å². The molecule has 1 N–H and O–H groups in total. The lowest BCUT2D eigenvalue weighted by Gasteiger charge is -2.19. The van der Waals surface area contributed by atoms with E-state index in [1.165, 1.54) is 12.8 Å². The number of methoxy groups -OCH3 is 1. The molecule has 0 saturated heterocycles. The first-order valence-electron chi connectivity index (χ1n) is 6.23. The summed E-state index contributed by atoms with van der Waals surface area (Å²) in [5, 5.41) is 3.28. The number of nitrogens with one attached hydrogen (secondary N) is 1. The van der Waals surface area contributed by atoms with Crippen LogP contribution in [0.1, 0.15) is 24.4 Å². The van der Waals surface area contributed by atoms with Crippen molar-refractivity contribution in [2.45, 2.75) is 18.9 Å². The van der Waals surface area contributed by atoms with Gasteiger partial charge in [-0.2, -0.15) is 0 Å². The number of likely N-dealkylation sites (N-methyl/N-ethyl adjacent to an activating group) is 1. The molecule has 0 amide bonds. The molecule has 0 aliphatic heterocycles. The molecule has 0 aromatic heterocycles. The van der Waals surface area contributed by atoms with Crippen molar-refractivity contribution >= 4 is 0 Å². The third kappa shape index (κ3) is 3.45. The number of hydrogen-bond donors (Lipinski definition) is 1. The molecule has 0 bridgehead atoms. The molecular weight excluding hydrogens is 214 g/mol. The molecule has 0 spiro atoms. The summed E-state index contributed by atoms with van der Waals surface area (Å²) in [5.41, 5.74) is 1.16. The van der Waals surface area contributed by atoms with Crippen LogP contribution in [0.4, 0.5) is 0 Å². The molecule has 3 heteroatoms. The molecule has 17 heavy (non-hydrogen) atoms. The van der Waals surface area contributed by atoms with Crippen molar-refractivity contribution in [3.63, 3.8) is 0 Å². The van der Waals surface area contributed by atoms with Gasteiger partial charge in [-0.05, 0) is 31.9 Å². The van der Waals surface area contributed by atoms with Crippen molar-refractivity contribution in [1.82, 2.24) is 5.32 Å². The summed E-state index contributed by atoms with van der Waals surface area (Å²) in [6.45, 7) is 1.60. The summed E-state index contributed by atoms with van der Waals surface area (Å²) in [6, 6.07) is 8.29. The molecule has 2 rings (SSSR count). The van der Waals surface area contributed by atoms with Crippen molar-refractivity contribution in [1.29, 1.82) is 0 Å². The molecule has 94 valence electrons. The maximum Gasteiger partial charge on any atom is 0.123 e. The summed E-state index contributed by atoms with van der Waals surface area (Å²) < 4.78 is 11.1. The lowest BCUT2D eigenvalue weighted by molar-refractivity contribution is 0.104. The topological polar surface area (TPSA) is 30.5 Å². The van der Waals surface area contributed by atoms with Gasteiger partial charge in [0.2, 0.25) is 0 Å². The summed E-state index contributed by atoms with van der Waals surface area (Å²) in [5.74, 6) is 1.73. The Morgan fingerprint density at radius 2 is 2.12 bits per heavy atom. The normalized spacial score (nSPS) is 16.8. The van der Waals surface area contributed by atoms with Crippen LogP contribution in [0.15, 0.2) is 24.3 Å². The highest BCUT2D eigenvalue weighted by Crippen LogP contribution is 2.30. The Balaban J connectivity index is 1.94. The fourth-order valence-electron chi connectivity index (χ4n) is 1.92. The molecule has 1 atom stereocenters. The van der Waals surface area contributed by atoms with E-state index in [0.29, 0.717) is 6.61 Å². The van der Waals surface area contributed by atoms with Crippen LogP contribution in [0, 0.1) is 5.92 Å².